The predicted octanol–water partition coefficient (Wildman–Crippen LogP) is 2.51. The maximum absolute atomic E-state index is 12.8. The summed E-state index contributed by atoms with van der Waals surface area (Å²) in [7, 11) is 2.88. The summed E-state index contributed by atoms with van der Waals surface area (Å²) in [5.74, 6) is -1.68. The van der Waals surface area contributed by atoms with Gasteiger partial charge in [0.05, 0.1) is 11.1 Å². The van der Waals surface area contributed by atoms with Crippen LogP contribution in [0.4, 0.5) is 0 Å². The molecular weight excluding hydrogens is 340 g/mol. The molecule has 25 heavy (non-hydrogen) atoms. The minimum atomic E-state index is -0.427. The monoisotopic (exact) mass is 350 g/mol. The third-order valence-corrected chi connectivity index (χ3v) is 5.91. The number of thiophene rings is 1. The summed E-state index contributed by atoms with van der Waals surface area (Å²) in [6.07, 6.45) is 0. The van der Waals surface area contributed by atoms with Crippen LogP contribution in [0, 0.1) is 0 Å². The van der Waals surface area contributed by atoms with E-state index in [1.165, 1.54) is 25.4 Å². The molecule has 3 aromatic rings. The molecule has 1 aromatic heterocycles. The van der Waals surface area contributed by atoms with Gasteiger partial charge in [0.1, 0.15) is 0 Å². The molecule has 0 saturated heterocycles. The van der Waals surface area contributed by atoms with Crippen LogP contribution in [0.1, 0.15) is 41.4 Å². The van der Waals surface area contributed by atoms with Gasteiger partial charge in [-0.2, -0.15) is 0 Å². The number of nitrogens with zero attached hydrogens (tertiary/aromatic N) is 2. The molecule has 0 aliphatic carbocycles. The van der Waals surface area contributed by atoms with E-state index in [9.17, 15) is 19.2 Å². The van der Waals surface area contributed by atoms with Crippen LogP contribution >= 0.6 is 11.3 Å². The summed E-state index contributed by atoms with van der Waals surface area (Å²) >= 11 is 1.35. The van der Waals surface area contributed by atoms with Crippen molar-refractivity contribution in [2.45, 2.75) is 0 Å². The van der Waals surface area contributed by atoms with E-state index in [1.54, 1.807) is 18.2 Å². The highest BCUT2D eigenvalue weighted by Crippen LogP contribution is 2.44. The molecule has 2 aliphatic heterocycles. The van der Waals surface area contributed by atoms with Crippen LogP contribution in [-0.4, -0.2) is 47.5 Å². The lowest BCUT2D eigenvalue weighted by Gasteiger charge is -2.30. The fraction of sp³-hybridized carbons (Fsp3) is 0.111. The van der Waals surface area contributed by atoms with E-state index >= 15 is 0 Å². The minimum absolute atomic E-state index is 0.343. The van der Waals surface area contributed by atoms with Gasteiger partial charge in [-0.3, -0.25) is 29.0 Å². The number of rotatable bonds is 0. The number of fused-ring (bicyclic) bond motifs is 3. The zero-order valence-electron chi connectivity index (χ0n) is 13.2. The molecule has 0 radical (unpaired) electrons. The lowest BCUT2D eigenvalue weighted by Crippen LogP contribution is -2.40. The fourth-order valence-corrected chi connectivity index (χ4v) is 4.68. The van der Waals surface area contributed by atoms with Crippen LogP contribution in [0.3, 0.4) is 0 Å². The Labute approximate surface area is 145 Å². The highest BCUT2D eigenvalue weighted by atomic mass is 32.1. The van der Waals surface area contributed by atoms with Crippen molar-refractivity contribution in [3.8, 4) is 0 Å². The van der Waals surface area contributed by atoms with Crippen LogP contribution in [0.5, 0.6) is 0 Å². The van der Waals surface area contributed by atoms with Crippen LogP contribution in [0.2, 0.25) is 0 Å². The Morgan fingerprint density at radius 1 is 0.720 bits per heavy atom. The molecule has 0 saturated carbocycles. The second-order valence-electron chi connectivity index (χ2n) is 6.16. The molecule has 0 fully saturated rings. The molecule has 6 nitrogen and oxygen atoms in total. The highest BCUT2D eigenvalue weighted by Gasteiger charge is 2.39. The Bertz CT molecular complexity index is 1120. The van der Waals surface area contributed by atoms with Crippen LogP contribution < -0.4 is 0 Å². The van der Waals surface area contributed by atoms with Crippen LogP contribution in [-0.2, 0) is 0 Å². The van der Waals surface area contributed by atoms with Crippen LogP contribution in [0.15, 0.2) is 23.6 Å². The molecule has 7 heteroatoms. The van der Waals surface area contributed by atoms with Crippen molar-refractivity contribution in [2.75, 3.05) is 14.1 Å². The summed E-state index contributed by atoms with van der Waals surface area (Å²) in [6, 6.07) is 4.92. The van der Waals surface area contributed by atoms with Gasteiger partial charge in [0.2, 0.25) is 0 Å². The van der Waals surface area contributed by atoms with Gasteiger partial charge in [0.15, 0.2) is 0 Å². The summed E-state index contributed by atoms with van der Waals surface area (Å²) in [4.78, 5) is 52.9. The van der Waals surface area contributed by atoms with Gasteiger partial charge in [-0.25, -0.2) is 0 Å². The standard InChI is InChI=1S/C18H10N2O4S/c1-19-15(21)8-3-4-9-11-10(8)12(17(19)23)7-5-6-25-14(7)13(11)18(24)20(2)16(9)22/h3-6H,1-2H3. The first-order chi connectivity index (χ1) is 11.9. The van der Waals surface area contributed by atoms with Crippen molar-refractivity contribution < 1.29 is 19.2 Å². The van der Waals surface area contributed by atoms with Gasteiger partial charge in [-0.1, -0.05) is 0 Å². The number of imide groups is 2. The molecule has 0 bridgehead atoms. The fourth-order valence-electron chi connectivity index (χ4n) is 3.73. The van der Waals surface area contributed by atoms with Crippen molar-refractivity contribution in [1.29, 1.82) is 0 Å². The van der Waals surface area contributed by atoms with Gasteiger partial charge in [0.25, 0.3) is 23.6 Å². The maximum atomic E-state index is 12.8. The zero-order chi connectivity index (χ0) is 17.6. The zero-order valence-corrected chi connectivity index (χ0v) is 14.1. The van der Waals surface area contributed by atoms with Gasteiger partial charge >= 0.3 is 0 Å². The SMILES string of the molecule is CN1C(=O)c2ccc3c4c(c5sccc5c(c24)C1=O)C(=O)N(C)C3=O. The topological polar surface area (TPSA) is 74.8 Å². The molecule has 2 aromatic carbocycles. The smallest absolute Gasteiger partial charge is 0.262 e. The number of carbonyl (C=O) groups is 4. The number of hydrogen-bond acceptors (Lipinski definition) is 5. The summed E-state index contributed by atoms with van der Waals surface area (Å²) in [5, 5.41) is 3.29. The average Bonchev–Trinajstić information content (AvgIpc) is 3.08. The van der Waals surface area contributed by atoms with Gasteiger partial charge < -0.3 is 0 Å². The summed E-state index contributed by atoms with van der Waals surface area (Å²) < 4.78 is 0.668. The molecule has 0 atom stereocenters. The van der Waals surface area contributed by atoms with Crippen molar-refractivity contribution in [2.24, 2.45) is 0 Å². The lowest BCUT2D eigenvalue weighted by atomic mass is 9.84. The second-order valence-corrected chi connectivity index (χ2v) is 7.08. The minimum Gasteiger partial charge on any atom is -0.277 e. The van der Waals surface area contributed by atoms with Crippen molar-refractivity contribution >= 4 is 55.8 Å². The lowest BCUT2D eigenvalue weighted by molar-refractivity contribution is 0.0631. The summed E-state index contributed by atoms with van der Waals surface area (Å²) in [5.41, 5.74) is 1.47. The van der Waals surface area contributed by atoms with E-state index in [0.717, 1.165) is 9.80 Å². The molecular formula is C18H10N2O4S. The Hall–Kier alpha value is -3.06. The molecule has 0 unspecified atom stereocenters. The normalized spacial score (nSPS) is 16.6. The van der Waals surface area contributed by atoms with Gasteiger partial charge in [-0.15, -0.1) is 11.3 Å². The van der Waals surface area contributed by atoms with Gasteiger partial charge in [0, 0.05) is 46.1 Å². The Balaban J connectivity index is 2.15. The molecule has 3 heterocycles. The van der Waals surface area contributed by atoms with E-state index in [1.807, 2.05) is 5.38 Å². The molecule has 0 spiro atoms. The first-order valence-electron chi connectivity index (χ1n) is 7.58. The number of amides is 4. The predicted molar refractivity (Wildman–Crippen MR) is 92.2 cm³/mol. The molecule has 5 rings (SSSR count). The van der Waals surface area contributed by atoms with E-state index < -0.39 is 23.6 Å². The maximum Gasteiger partial charge on any atom is 0.262 e. The van der Waals surface area contributed by atoms with E-state index in [2.05, 4.69) is 0 Å². The third-order valence-electron chi connectivity index (χ3n) is 4.97. The first-order valence-corrected chi connectivity index (χ1v) is 8.46. The van der Waals surface area contributed by atoms with E-state index in [-0.39, 0.29) is 0 Å². The Kier molecular flexibility index (Phi) is 2.47. The summed E-state index contributed by atoms with van der Waals surface area (Å²) in [6.45, 7) is 0. The Morgan fingerprint density at radius 3 is 1.84 bits per heavy atom. The quantitative estimate of drug-likeness (QED) is 0.584. The molecule has 2 aliphatic rings. The number of benzene rings is 2. The average molecular weight is 350 g/mol. The second kappa shape index (κ2) is 4.31. The Morgan fingerprint density at radius 2 is 1.24 bits per heavy atom. The molecule has 122 valence electrons. The number of hydrogen-bond donors (Lipinski definition) is 0. The van der Waals surface area contributed by atoms with Crippen molar-refractivity contribution in [3.05, 3.63) is 45.8 Å². The van der Waals surface area contributed by atoms with E-state index in [0.29, 0.717) is 43.1 Å². The molecule has 0 N–H and O–H groups in total. The van der Waals surface area contributed by atoms with Crippen molar-refractivity contribution in [3.63, 3.8) is 0 Å². The molecule has 4 amide bonds. The highest BCUT2D eigenvalue weighted by molar-refractivity contribution is 7.17. The number of carbonyl (C=O) groups excluding carboxylic acids is 4. The van der Waals surface area contributed by atoms with Crippen molar-refractivity contribution in [1.82, 2.24) is 9.80 Å². The van der Waals surface area contributed by atoms with Crippen LogP contribution in [0.25, 0.3) is 20.9 Å². The van der Waals surface area contributed by atoms with E-state index in [4.69, 9.17) is 0 Å². The first kappa shape index (κ1) is 14.3. The van der Waals surface area contributed by atoms with Gasteiger partial charge in [-0.05, 0) is 23.6 Å². The third kappa shape index (κ3) is 1.45. The largest absolute Gasteiger partial charge is 0.277 e.